The molecule has 0 amide bonds. The van der Waals surface area contributed by atoms with E-state index in [1.807, 2.05) is 13.8 Å². The van der Waals surface area contributed by atoms with Gasteiger partial charge in [-0.3, -0.25) is 14.6 Å². The first-order chi connectivity index (χ1) is 13.4. The minimum absolute atomic E-state index is 0.163. The van der Waals surface area contributed by atoms with Gasteiger partial charge in [0.1, 0.15) is 5.78 Å². The number of nitrogens with zero attached hydrogens (tertiary/aromatic N) is 3. The number of ether oxygens (including phenoxy) is 1. The predicted octanol–water partition coefficient (Wildman–Crippen LogP) is 1.56. The summed E-state index contributed by atoms with van der Waals surface area (Å²) >= 11 is 0. The molecule has 2 heterocycles. The summed E-state index contributed by atoms with van der Waals surface area (Å²) in [5.41, 5.74) is 0. The topological polar surface area (TPSA) is 48.1 Å². The van der Waals surface area contributed by atoms with Crippen molar-refractivity contribution < 1.29 is 9.53 Å². The Morgan fingerprint density at radius 2 is 1.57 bits per heavy atom. The van der Waals surface area contributed by atoms with Crippen molar-refractivity contribution in [1.29, 1.82) is 0 Å². The Balaban J connectivity index is 1.51. The highest BCUT2D eigenvalue weighted by Gasteiger charge is 2.25. The van der Waals surface area contributed by atoms with E-state index in [9.17, 15) is 4.79 Å². The van der Waals surface area contributed by atoms with Gasteiger partial charge in [-0.1, -0.05) is 27.7 Å². The maximum absolute atomic E-state index is 11.9. The summed E-state index contributed by atoms with van der Waals surface area (Å²) in [5, 5.41) is 3.38. The largest absolute Gasteiger partial charge is 0.379 e. The minimum Gasteiger partial charge on any atom is -0.379 e. The van der Waals surface area contributed by atoms with Crippen molar-refractivity contribution in [3.8, 4) is 0 Å². The average molecular weight is 397 g/mol. The highest BCUT2D eigenvalue weighted by Crippen LogP contribution is 2.19. The van der Waals surface area contributed by atoms with Crippen LogP contribution in [0.1, 0.15) is 40.5 Å². The van der Waals surface area contributed by atoms with Crippen LogP contribution in [0.4, 0.5) is 0 Å². The molecule has 28 heavy (non-hydrogen) atoms. The Labute approximate surface area is 172 Å². The summed E-state index contributed by atoms with van der Waals surface area (Å²) in [6.45, 7) is 20.7. The van der Waals surface area contributed by atoms with Crippen molar-refractivity contribution in [3.05, 3.63) is 0 Å². The lowest BCUT2D eigenvalue weighted by atomic mass is 9.95. The van der Waals surface area contributed by atoms with Crippen LogP contribution in [0.5, 0.6) is 0 Å². The third kappa shape index (κ3) is 9.31. The zero-order chi connectivity index (χ0) is 20.4. The first-order valence-electron chi connectivity index (χ1n) is 11.4. The SMILES string of the molecule is CC(C)NCCOCCN1CCN(CC2CCN(CC(=O)C(C)C)CC2)CC1. The molecule has 6 nitrogen and oxygen atoms in total. The Hall–Kier alpha value is -0.530. The van der Waals surface area contributed by atoms with Gasteiger partial charge in [0.05, 0.1) is 19.8 Å². The maximum atomic E-state index is 11.9. The van der Waals surface area contributed by atoms with Crippen molar-refractivity contribution in [2.75, 3.05) is 78.7 Å². The van der Waals surface area contributed by atoms with Crippen molar-refractivity contribution in [3.63, 3.8) is 0 Å². The van der Waals surface area contributed by atoms with Gasteiger partial charge < -0.3 is 15.0 Å². The number of piperazine rings is 1. The zero-order valence-corrected chi connectivity index (χ0v) is 18.8. The number of rotatable bonds is 12. The Bertz CT molecular complexity index is 428. The summed E-state index contributed by atoms with van der Waals surface area (Å²) < 4.78 is 5.74. The van der Waals surface area contributed by atoms with Gasteiger partial charge in [-0.15, -0.1) is 0 Å². The highest BCUT2D eigenvalue weighted by molar-refractivity contribution is 5.82. The number of carbonyl (C=O) groups excluding carboxylic acids is 1. The molecule has 0 aromatic carbocycles. The fourth-order valence-electron chi connectivity index (χ4n) is 4.01. The molecule has 0 radical (unpaired) electrons. The van der Waals surface area contributed by atoms with Crippen LogP contribution in [-0.4, -0.2) is 105 Å². The lowest BCUT2D eigenvalue weighted by Gasteiger charge is -2.38. The third-order valence-corrected chi connectivity index (χ3v) is 6.06. The highest BCUT2D eigenvalue weighted by atomic mass is 16.5. The van der Waals surface area contributed by atoms with E-state index in [2.05, 4.69) is 33.9 Å². The fraction of sp³-hybridized carbons (Fsp3) is 0.955. The van der Waals surface area contributed by atoms with E-state index in [-0.39, 0.29) is 5.92 Å². The van der Waals surface area contributed by atoms with Crippen LogP contribution in [-0.2, 0) is 9.53 Å². The van der Waals surface area contributed by atoms with Crippen molar-refractivity contribution in [2.45, 2.75) is 46.6 Å². The van der Waals surface area contributed by atoms with Gasteiger partial charge in [0.25, 0.3) is 0 Å². The van der Waals surface area contributed by atoms with Crippen LogP contribution in [0.25, 0.3) is 0 Å². The Morgan fingerprint density at radius 3 is 2.18 bits per heavy atom. The van der Waals surface area contributed by atoms with Crippen molar-refractivity contribution in [1.82, 2.24) is 20.0 Å². The van der Waals surface area contributed by atoms with Gasteiger partial charge in [0, 0.05) is 57.8 Å². The number of likely N-dealkylation sites (tertiary alicyclic amines) is 1. The molecule has 0 aliphatic carbocycles. The van der Waals surface area contributed by atoms with Crippen LogP contribution in [0.3, 0.4) is 0 Å². The summed E-state index contributed by atoms with van der Waals surface area (Å²) in [4.78, 5) is 19.5. The van der Waals surface area contributed by atoms with E-state index in [0.717, 1.165) is 58.4 Å². The lowest BCUT2D eigenvalue weighted by Crippen LogP contribution is -2.49. The number of hydrogen-bond donors (Lipinski definition) is 1. The smallest absolute Gasteiger partial charge is 0.149 e. The second-order valence-corrected chi connectivity index (χ2v) is 9.20. The predicted molar refractivity (Wildman–Crippen MR) is 116 cm³/mol. The molecule has 0 unspecified atom stereocenters. The van der Waals surface area contributed by atoms with Gasteiger partial charge in [0.15, 0.2) is 0 Å². The molecule has 0 atom stereocenters. The number of piperidine rings is 1. The van der Waals surface area contributed by atoms with Gasteiger partial charge >= 0.3 is 0 Å². The number of carbonyl (C=O) groups is 1. The molecule has 2 aliphatic rings. The molecule has 2 aliphatic heterocycles. The van der Waals surface area contributed by atoms with E-state index in [4.69, 9.17) is 4.74 Å². The second kappa shape index (κ2) is 12.9. The molecule has 0 saturated carbocycles. The minimum atomic E-state index is 0.163. The van der Waals surface area contributed by atoms with E-state index < -0.39 is 0 Å². The molecule has 164 valence electrons. The maximum Gasteiger partial charge on any atom is 0.149 e. The van der Waals surface area contributed by atoms with E-state index in [1.165, 1.54) is 32.5 Å². The second-order valence-electron chi connectivity index (χ2n) is 9.20. The van der Waals surface area contributed by atoms with Crippen LogP contribution in [0.2, 0.25) is 0 Å². The van der Waals surface area contributed by atoms with Gasteiger partial charge in [-0.05, 0) is 31.8 Å². The monoisotopic (exact) mass is 396 g/mol. The van der Waals surface area contributed by atoms with Crippen LogP contribution in [0, 0.1) is 11.8 Å². The van der Waals surface area contributed by atoms with Crippen molar-refractivity contribution >= 4 is 5.78 Å². The molecule has 0 aromatic rings. The van der Waals surface area contributed by atoms with Gasteiger partial charge in [-0.25, -0.2) is 0 Å². The molecule has 2 saturated heterocycles. The first-order valence-corrected chi connectivity index (χ1v) is 11.4. The van der Waals surface area contributed by atoms with Crippen molar-refractivity contribution in [2.24, 2.45) is 11.8 Å². The van der Waals surface area contributed by atoms with Gasteiger partial charge in [0.2, 0.25) is 0 Å². The summed E-state index contributed by atoms with van der Waals surface area (Å²) in [5.74, 6) is 1.35. The molecule has 1 N–H and O–H groups in total. The molecule has 2 fully saturated rings. The Kier molecular flexibility index (Phi) is 10.9. The van der Waals surface area contributed by atoms with E-state index >= 15 is 0 Å². The summed E-state index contributed by atoms with van der Waals surface area (Å²) in [6.07, 6.45) is 2.48. The summed E-state index contributed by atoms with van der Waals surface area (Å²) in [7, 11) is 0. The van der Waals surface area contributed by atoms with Gasteiger partial charge in [-0.2, -0.15) is 0 Å². The lowest BCUT2D eigenvalue weighted by molar-refractivity contribution is -0.123. The first kappa shape index (κ1) is 23.7. The quantitative estimate of drug-likeness (QED) is 0.505. The molecule has 2 rings (SSSR count). The molecule has 6 heteroatoms. The summed E-state index contributed by atoms with van der Waals surface area (Å²) in [6, 6.07) is 0.534. The van der Waals surface area contributed by atoms with Crippen LogP contribution in [0.15, 0.2) is 0 Å². The molecule has 0 aromatic heterocycles. The van der Waals surface area contributed by atoms with Crippen LogP contribution < -0.4 is 5.32 Å². The standard InChI is InChI=1S/C22H44N4O2/c1-19(2)22(27)18-25-8-5-21(6-9-25)17-26-12-10-24(11-13-26)14-16-28-15-7-23-20(3)4/h19-21,23H,5-18H2,1-4H3. The number of Topliss-reactive ketones (excluding diaryl/α,β-unsaturated/α-hetero) is 1. The molecule has 0 spiro atoms. The molecule has 0 bridgehead atoms. The third-order valence-electron chi connectivity index (χ3n) is 6.06. The fourth-order valence-corrected chi connectivity index (χ4v) is 4.01. The number of ketones is 1. The Morgan fingerprint density at radius 1 is 0.929 bits per heavy atom. The normalized spacial score (nSPS) is 21.1. The molecular formula is C22H44N4O2. The molecular weight excluding hydrogens is 352 g/mol. The van der Waals surface area contributed by atoms with E-state index in [1.54, 1.807) is 0 Å². The van der Waals surface area contributed by atoms with E-state index in [0.29, 0.717) is 18.4 Å². The number of hydrogen-bond acceptors (Lipinski definition) is 6. The number of nitrogens with one attached hydrogen (secondary N) is 1. The van der Waals surface area contributed by atoms with Crippen LogP contribution >= 0.6 is 0 Å². The zero-order valence-electron chi connectivity index (χ0n) is 18.8. The average Bonchev–Trinajstić information content (AvgIpc) is 2.67.